The number of piperidine rings is 1. The van der Waals surface area contributed by atoms with Crippen LogP contribution in [0.4, 0.5) is 0 Å². The molecule has 0 bridgehead atoms. The molecule has 0 aromatic rings. The first kappa shape index (κ1) is 15.3. The Kier molecular flexibility index (Phi) is 5.40. The molecule has 2 fully saturated rings. The molecule has 0 aromatic carbocycles. The molecule has 1 N–H and O–H groups in total. The number of nitrogens with zero attached hydrogens (tertiary/aromatic N) is 1. The summed E-state index contributed by atoms with van der Waals surface area (Å²) in [7, 11) is 1.70. The zero-order valence-corrected chi connectivity index (χ0v) is 12.2. The SMILES string of the molecule is COCC1CCCN(C(=O)C2CCC(C(=O)O)CC2)C1. The number of rotatable bonds is 4. The van der Waals surface area contributed by atoms with E-state index < -0.39 is 5.97 Å². The minimum atomic E-state index is -0.714. The van der Waals surface area contributed by atoms with Crippen molar-refractivity contribution >= 4 is 11.9 Å². The van der Waals surface area contributed by atoms with Crippen molar-refractivity contribution in [1.82, 2.24) is 4.90 Å². The Morgan fingerprint density at radius 3 is 2.40 bits per heavy atom. The average molecular weight is 283 g/mol. The fourth-order valence-electron chi connectivity index (χ4n) is 3.48. The maximum atomic E-state index is 12.5. The van der Waals surface area contributed by atoms with E-state index in [9.17, 15) is 9.59 Å². The Morgan fingerprint density at radius 1 is 1.15 bits per heavy atom. The van der Waals surface area contributed by atoms with E-state index in [1.165, 1.54) is 0 Å². The molecule has 1 heterocycles. The van der Waals surface area contributed by atoms with Crippen molar-refractivity contribution < 1.29 is 19.4 Å². The van der Waals surface area contributed by atoms with Crippen molar-refractivity contribution in [2.45, 2.75) is 38.5 Å². The van der Waals surface area contributed by atoms with Crippen LogP contribution < -0.4 is 0 Å². The first-order valence-electron chi connectivity index (χ1n) is 7.62. The number of carboxylic acid groups (broad SMARTS) is 1. The molecule has 0 aromatic heterocycles. The molecule has 5 heteroatoms. The molecule has 0 radical (unpaired) electrons. The molecular formula is C15H25NO4. The van der Waals surface area contributed by atoms with E-state index in [4.69, 9.17) is 9.84 Å². The Balaban J connectivity index is 1.84. The lowest BCUT2D eigenvalue weighted by molar-refractivity contribution is -0.146. The third kappa shape index (κ3) is 3.72. The number of carboxylic acids is 1. The highest BCUT2D eigenvalue weighted by Gasteiger charge is 2.33. The first-order chi connectivity index (χ1) is 9.61. The van der Waals surface area contributed by atoms with E-state index in [1.54, 1.807) is 7.11 Å². The minimum absolute atomic E-state index is 0.0342. The molecule has 1 aliphatic heterocycles. The Bertz CT molecular complexity index is 348. The molecule has 2 rings (SSSR count). The normalized spacial score (nSPS) is 31.1. The van der Waals surface area contributed by atoms with Gasteiger partial charge in [-0.1, -0.05) is 0 Å². The van der Waals surface area contributed by atoms with Gasteiger partial charge in [0.25, 0.3) is 0 Å². The van der Waals surface area contributed by atoms with Crippen molar-refractivity contribution in [3.05, 3.63) is 0 Å². The van der Waals surface area contributed by atoms with Gasteiger partial charge in [0, 0.05) is 26.1 Å². The summed E-state index contributed by atoms with van der Waals surface area (Å²) >= 11 is 0. The van der Waals surface area contributed by atoms with Crippen molar-refractivity contribution in [2.75, 3.05) is 26.8 Å². The quantitative estimate of drug-likeness (QED) is 0.853. The molecule has 1 unspecified atom stereocenters. The standard InChI is InChI=1S/C15H25NO4/c1-20-10-11-3-2-8-16(9-11)14(17)12-4-6-13(7-5-12)15(18)19/h11-13H,2-10H2,1H3,(H,18,19). The molecule has 1 saturated carbocycles. The summed E-state index contributed by atoms with van der Waals surface area (Å²) < 4.78 is 5.19. The van der Waals surface area contributed by atoms with Crippen molar-refractivity contribution in [3.8, 4) is 0 Å². The Morgan fingerprint density at radius 2 is 1.80 bits per heavy atom. The van der Waals surface area contributed by atoms with Crippen LogP contribution in [-0.2, 0) is 14.3 Å². The second-order valence-electron chi connectivity index (χ2n) is 6.13. The fraction of sp³-hybridized carbons (Fsp3) is 0.867. The number of likely N-dealkylation sites (tertiary alicyclic amines) is 1. The monoisotopic (exact) mass is 283 g/mol. The minimum Gasteiger partial charge on any atom is -0.481 e. The highest BCUT2D eigenvalue weighted by molar-refractivity contribution is 5.79. The van der Waals surface area contributed by atoms with Crippen molar-refractivity contribution in [2.24, 2.45) is 17.8 Å². The molecule has 1 aliphatic carbocycles. The largest absolute Gasteiger partial charge is 0.481 e. The summed E-state index contributed by atoms with van der Waals surface area (Å²) in [6.07, 6.45) is 4.90. The summed E-state index contributed by atoms with van der Waals surface area (Å²) in [6, 6.07) is 0. The Hall–Kier alpha value is -1.10. The predicted molar refractivity (Wildman–Crippen MR) is 74.3 cm³/mol. The van der Waals surface area contributed by atoms with Crippen LogP contribution in [0.3, 0.4) is 0 Å². The molecule has 0 spiro atoms. The van der Waals surface area contributed by atoms with E-state index in [1.807, 2.05) is 4.90 Å². The zero-order valence-electron chi connectivity index (χ0n) is 12.2. The van der Waals surface area contributed by atoms with Gasteiger partial charge in [0.1, 0.15) is 0 Å². The molecular weight excluding hydrogens is 258 g/mol. The van der Waals surface area contributed by atoms with Gasteiger partial charge in [0.15, 0.2) is 0 Å². The Labute approximate surface area is 120 Å². The summed E-state index contributed by atoms with van der Waals surface area (Å²) in [4.78, 5) is 25.4. The molecule has 20 heavy (non-hydrogen) atoms. The average Bonchev–Trinajstić information content (AvgIpc) is 2.47. The second-order valence-corrected chi connectivity index (χ2v) is 6.13. The van der Waals surface area contributed by atoms with Crippen molar-refractivity contribution in [1.29, 1.82) is 0 Å². The number of ether oxygens (including phenoxy) is 1. The molecule has 5 nitrogen and oxygen atoms in total. The van der Waals surface area contributed by atoms with Crippen LogP contribution in [0.5, 0.6) is 0 Å². The highest BCUT2D eigenvalue weighted by atomic mass is 16.5. The van der Waals surface area contributed by atoms with Crippen LogP contribution >= 0.6 is 0 Å². The lowest BCUT2D eigenvalue weighted by atomic mass is 9.81. The number of hydrogen-bond acceptors (Lipinski definition) is 3. The van der Waals surface area contributed by atoms with Crippen LogP contribution in [0.25, 0.3) is 0 Å². The van der Waals surface area contributed by atoms with Gasteiger partial charge < -0.3 is 14.7 Å². The van der Waals surface area contributed by atoms with Gasteiger partial charge >= 0.3 is 5.97 Å². The van der Waals surface area contributed by atoms with Gasteiger partial charge in [-0.2, -0.15) is 0 Å². The summed E-state index contributed by atoms with van der Waals surface area (Å²) in [5.74, 6) is -0.245. The van der Waals surface area contributed by atoms with E-state index in [0.29, 0.717) is 18.8 Å². The van der Waals surface area contributed by atoms with Gasteiger partial charge in [0.2, 0.25) is 5.91 Å². The number of amides is 1. The number of hydrogen-bond donors (Lipinski definition) is 1. The van der Waals surface area contributed by atoms with Crippen LogP contribution in [-0.4, -0.2) is 48.7 Å². The maximum absolute atomic E-state index is 12.5. The zero-order chi connectivity index (χ0) is 14.5. The lowest BCUT2D eigenvalue weighted by Gasteiger charge is -2.36. The molecule has 1 amide bonds. The van der Waals surface area contributed by atoms with Gasteiger partial charge in [-0.25, -0.2) is 0 Å². The smallest absolute Gasteiger partial charge is 0.306 e. The molecule has 1 saturated heterocycles. The van der Waals surface area contributed by atoms with Crippen LogP contribution in [0.15, 0.2) is 0 Å². The number of carbonyl (C=O) groups is 2. The molecule has 2 aliphatic rings. The second kappa shape index (κ2) is 7.07. The van der Waals surface area contributed by atoms with E-state index in [0.717, 1.165) is 45.4 Å². The van der Waals surface area contributed by atoms with Crippen molar-refractivity contribution in [3.63, 3.8) is 0 Å². The summed E-state index contributed by atoms with van der Waals surface area (Å²) in [5, 5.41) is 9.00. The first-order valence-corrected chi connectivity index (χ1v) is 7.62. The summed E-state index contributed by atoms with van der Waals surface area (Å²) in [6.45, 7) is 2.36. The van der Waals surface area contributed by atoms with Gasteiger partial charge in [-0.15, -0.1) is 0 Å². The predicted octanol–water partition coefficient (Wildman–Crippen LogP) is 1.76. The lowest BCUT2D eigenvalue weighted by Crippen LogP contribution is -2.44. The van der Waals surface area contributed by atoms with Gasteiger partial charge in [-0.3, -0.25) is 9.59 Å². The maximum Gasteiger partial charge on any atom is 0.306 e. The van der Waals surface area contributed by atoms with Crippen LogP contribution in [0, 0.1) is 17.8 Å². The molecule has 1 atom stereocenters. The van der Waals surface area contributed by atoms with E-state index in [2.05, 4.69) is 0 Å². The third-order valence-electron chi connectivity index (χ3n) is 4.66. The fourth-order valence-corrected chi connectivity index (χ4v) is 3.48. The van der Waals surface area contributed by atoms with Gasteiger partial charge in [0.05, 0.1) is 12.5 Å². The topological polar surface area (TPSA) is 66.8 Å². The van der Waals surface area contributed by atoms with Crippen LogP contribution in [0.1, 0.15) is 38.5 Å². The van der Waals surface area contributed by atoms with Gasteiger partial charge in [-0.05, 0) is 44.4 Å². The number of aliphatic carboxylic acids is 1. The van der Waals surface area contributed by atoms with E-state index in [-0.39, 0.29) is 17.7 Å². The van der Waals surface area contributed by atoms with E-state index >= 15 is 0 Å². The summed E-state index contributed by atoms with van der Waals surface area (Å²) in [5.41, 5.74) is 0. The number of carbonyl (C=O) groups excluding carboxylic acids is 1. The molecule has 114 valence electrons. The number of methoxy groups -OCH3 is 1. The third-order valence-corrected chi connectivity index (χ3v) is 4.66. The van der Waals surface area contributed by atoms with Crippen LogP contribution in [0.2, 0.25) is 0 Å². The highest BCUT2D eigenvalue weighted by Crippen LogP contribution is 2.31.